The maximum atomic E-state index is 9.91. The van der Waals surface area contributed by atoms with Crippen LogP contribution < -0.4 is 0 Å². The first-order chi connectivity index (χ1) is 7.00. The summed E-state index contributed by atoms with van der Waals surface area (Å²) in [5.41, 5.74) is 1.96. The number of aryl methyl sites for hydroxylation is 1. The van der Waals surface area contributed by atoms with Gasteiger partial charge >= 0.3 is 0 Å². The van der Waals surface area contributed by atoms with Crippen molar-refractivity contribution < 1.29 is 5.11 Å². The maximum Gasteiger partial charge on any atom is 0.0802 e. The highest BCUT2D eigenvalue weighted by atomic mass is 35.5. The third-order valence-corrected chi connectivity index (χ3v) is 2.84. The Morgan fingerprint density at radius 1 is 1.40 bits per heavy atom. The molecule has 1 unspecified atom stereocenters. The molecule has 1 N–H and O–H groups in total. The van der Waals surface area contributed by atoms with Gasteiger partial charge in [-0.15, -0.1) is 0 Å². The lowest BCUT2D eigenvalue weighted by molar-refractivity contribution is 0.154. The summed E-state index contributed by atoms with van der Waals surface area (Å²) < 4.78 is 0. The van der Waals surface area contributed by atoms with Crippen LogP contribution in [-0.2, 0) is 0 Å². The summed E-state index contributed by atoms with van der Waals surface area (Å²) in [6.45, 7) is 2.83. The third kappa shape index (κ3) is 3.82. The molecule has 0 spiro atoms. The highest BCUT2D eigenvalue weighted by Gasteiger charge is 2.08. The quantitative estimate of drug-likeness (QED) is 0.855. The van der Waals surface area contributed by atoms with Crippen LogP contribution in [0.4, 0.5) is 0 Å². The zero-order valence-electron chi connectivity index (χ0n) is 9.50. The Morgan fingerprint density at radius 2 is 2.07 bits per heavy atom. The van der Waals surface area contributed by atoms with Gasteiger partial charge in [0.2, 0.25) is 0 Å². The predicted molar refractivity (Wildman–Crippen MR) is 64.3 cm³/mol. The number of rotatable bonds is 4. The number of nitrogens with zero attached hydrogens (tertiary/aromatic N) is 1. The first-order valence-electron chi connectivity index (χ1n) is 5.09. The van der Waals surface area contributed by atoms with Gasteiger partial charge in [0, 0.05) is 11.6 Å². The number of aliphatic hydroxyl groups is 1. The smallest absolute Gasteiger partial charge is 0.0802 e. The van der Waals surface area contributed by atoms with E-state index in [1.807, 2.05) is 39.2 Å². The summed E-state index contributed by atoms with van der Waals surface area (Å²) in [5, 5.41) is 10.7. The minimum Gasteiger partial charge on any atom is -0.388 e. The van der Waals surface area contributed by atoms with Crippen LogP contribution >= 0.6 is 11.6 Å². The second-order valence-electron chi connectivity index (χ2n) is 4.12. The summed E-state index contributed by atoms with van der Waals surface area (Å²) in [7, 11) is 4.00. The van der Waals surface area contributed by atoms with Gasteiger partial charge in [0.1, 0.15) is 0 Å². The molecule has 0 fully saturated rings. The average Bonchev–Trinajstić information content (AvgIpc) is 2.18. The lowest BCUT2D eigenvalue weighted by Gasteiger charge is -2.15. The molecule has 0 aliphatic heterocycles. The molecule has 0 aliphatic carbocycles. The first kappa shape index (κ1) is 12.5. The van der Waals surface area contributed by atoms with E-state index in [9.17, 15) is 5.11 Å². The fourth-order valence-electron chi connectivity index (χ4n) is 1.42. The standard InChI is InChI=1S/C12H18ClNO/c1-9-8-10(4-5-11(9)13)12(15)6-7-14(2)3/h4-5,8,12,15H,6-7H2,1-3H3. The molecule has 1 aromatic carbocycles. The fourth-order valence-corrected chi connectivity index (χ4v) is 1.54. The van der Waals surface area contributed by atoms with Crippen LogP contribution in [0.15, 0.2) is 18.2 Å². The Kier molecular flexibility index (Phi) is 4.58. The maximum absolute atomic E-state index is 9.91. The van der Waals surface area contributed by atoms with Crippen molar-refractivity contribution in [1.29, 1.82) is 0 Å². The molecule has 0 heterocycles. The Hall–Kier alpha value is -0.570. The predicted octanol–water partition coefficient (Wildman–Crippen LogP) is 2.63. The first-order valence-corrected chi connectivity index (χ1v) is 5.47. The number of hydrogen-bond acceptors (Lipinski definition) is 2. The van der Waals surface area contributed by atoms with Crippen LogP contribution in [0.3, 0.4) is 0 Å². The van der Waals surface area contributed by atoms with Crippen molar-refractivity contribution in [2.45, 2.75) is 19.4 Å². The lowest BCUT2D eigenvalue weighted by atomic mass is 10.0. The Bertz CT molecular complexity index is 325. The normalized spacial score (nSPS) is 13.2. The number of hydrogen-bond donors (Lipinski definition) is 1. The van der Waals surface area contributed by atoms with Gasteiger partial charge in [0.15, 0.2) is 0 Å². The summed E-state index contributed by atoms with van der Waals surface area (Å²) in [4.78, 5) is 2.06. The molecule has 0 saturated heterocycles. The topological polar surface area (TPSA) is 23.5 Å². The van der Waals surface area contributed by atoms with Gasteiger partial charge in [-0.1, -0.05) is 23.7 Å². The molecule has 1 atom stereocenters. The Morgan fingerprint density at radius 3 is 2.60 bits per heavy atom. The molecule has 1 aromatic rings. The van der Waals surface area contributed by atoms with Gasteiger partial charge in [-0.3, -0.25) is 0 Å². The van der Waals surface area contributed by atoms with E-state index in [2.05, 4.69) is 4.90 Å². The van der Waals surface area contributed by atoms with E-state index in [1.165, 1.54) is 0 Å². The molecule has 15 heavy (non-hydrogen) atoms. The molecule has 1 rings (SSSR count). The van der Waals surface area contributed by atoms with Crippen molar-refractivity contribution in [2.75, 3.05) is 20.6 Å². The SMILES string of the molecule is Cc1cc(C(O)CCN(C)C)ccc1Cl. The van der Waals surface area contributed by atoms with Crippen molar-refractivity contribution >= 4 is 11.6 Å². The second kappa shape index (κ2) is 5.50. The van der Waals surface area contributed by atoms with E-state index in [-0.39, 0.29) is 0 Å². The third-order valence-electron chi connectivity index (χ3n) is 2.42. The van der Waals surface area contributed by atoms with Crippen molar-refractivity contribution in [2.24, 2.45) is 0 Å². The zero-order chi connectivity index (χ0) is 11.4. The monoisotopic (exact) mass is 227 g/mol. The van der Waals surface area contributed by atoms with Gasteiger partial charge in [0.25, 0.3) is 0 Å². The van der Waals surface area contributed by atoms with Gasteiger partial charge in [0.05, 0.1) is 6.10 Å². The van der Waals surface area contributed by atoms with E-state index < -0.39 is 6.10 Å². The van der Waals surface area contributed by atoms with Crippen LogP contribution in [0.2, 0.25) is 5.02 Å². The highest BCUT2D eigenvalue weighted by Crippen LogP contribution is 2.22. The number of benzene rings is 1. The lowest BCUT2D eigenvalue weighted by Crippen LogP contribution is -2.15. The van der Waals surface area contributed by atoms with E-state index in [0.717, 1.165) is 29.1 Å². The Balaban J connectivity index is 2.65. The molecule has 0 saturated carbocycles. The Labute approximate surface area is 96.5 Å². The van der Waals surface area contributed by atoms with Crippen molar-refractivity contribution in [3.63, 3.8) is 0 Å². The highest BCUT2D eigenvalue weighted by molar-refractivity contribution is 6.31. The largest absolute Gasteiger partial charge is 0.388 e. The molecule has 0 aliphatic rings. The summed E-state index contributed by atoms with van der Waals surface area (Å²) >= 11 is 5.92. The summed E-state index contributed by atoms with van der Waals surface area (Å²) in [5.74, 6) is 0. The molecule has 0 amide bonds. The van der Waals surface area contributed by atoms with Gasteiger partial charge < -0.3 is 10.0 Å². The van der Waals surface area contributed by atoms with Crippen LogP contribution in [0, 0.1) is 6.92 Å². The minimum absolute atomic E-state index is 0.400. The van der Waals surface area contributed by atoms with E-state index in [0.29, 0.717) is 0 Å². The summed E-state index contributed by atoms with van der Waals surface area (Å²) in [6.07, 6.45) is 0.344. The van der Waals surface area contributed by atoms with Crippen LogP contribution in [-0.4, -0.2) is 30.6 Å². The molecule has 3 heteroatoms. The molecule has 0 aromatic heterocycles. The number of halogens is 1. The fraction of sp³-hybridized carbons (Fsp3) is 0.500. The van der Waals surface area contributed by atoms with E-state index in [4.69, 9.17) is 11.6 Å². The number of aliphatic hydroxyl groups excluding tert-OH is 1. The van der Waals surface area contributed by atoms with Gasteiger partial charge in [-0.05, 0) is 44.6 Å². The summed E-state index contributed by atoms with van der Waals surface area (Å²) in [6, 6.07) is 5.67. The average molecular weight is 228 g/mol. The van der Waals surface area contributed by atoms with Gasteiger partial charge in [-0.2, -0.15) is 0 Å². The van der Waals surface area contributed by atoms with Crippen molar-refractivity contribution in [3.05, 3.63) is 34.3 Å². The molecule has 84 valence electrons. The minimum atomic E-state index is -0.400. The molecule has 0 bridgehead atoms. The van der Waals surface area contributed by atoms with Crippen LogP contribution in [0.1, 0.15) is 23.7 Å². The van der Waals surface area contributed by atoms with E-state index in [1.54, 1.807) is 0 Å². The van der Waals surface area contributed by atoms with Crippen LogP contribution in [0.5, 0.6) is 0 Å². The van der Waals surface area contributed by atoms with Gasteiger partial charge in [-0.25, -0.2) is 0 Å². The molecule has 0 radical (unpaired) electrons. The van der Waals surface area contributed by atoms with E-state index >= 15 is 0 Å². The van der Waals surface area contributed by atoms with Crippen molar-refractivity contribution in [3.8, 4) is 0 Å². The second-order valence-corrected chi connectivity index (χ2v) is 4.52. The molecular formula is C12H18ClNO. The van der Waals surface area contributed by atoms with Crippen molar-refractivity contribution in [1.82, 2.24) is 4.90 Å². The van der Waals surface area contributed by atoms with Crippen LogP contribution in [0.25, 0.3) is 0 Å². The molecule has 2 nitrogen and oxygen atoms in total. The zero-order valence-corrected chi connectivity index (χ0v) is 10.3. The molecular weight excluding hydrogens is 210 g/mol.